The van der Waals surface area contributed by atoms with E-state index in [1.54, 1.807) is 12.1 Å². The van der Waals surface area contributed by atoms with Gasteiger partial charge in [0.2, 0.25) is 5.91 Å². The van der Waals surface area contributed by atoms with Gasteiger partial charge in [-0.25, -0.2) is 9.78 Å². The zero-order valence-corrected chi connectivity index (χ0v) is 12.7. The molecule has 0 spiro atoms. The summed E-state index contributed by atoms with van der Waals surface area (Å²) in [4.78, 5) is 31.2. The first-order chi connectivity index (χ1) is 9.79. The molecule has 1 aliphatic rings. The van der Waals surface area contributed by atoms with Crippen molar-refractivity contribution in [3.63, 3.8) is 0 Å². The highest BCUT2D eigenvalue weighted by molar-refractivity contribution is 5.85. The van der Waals surface area contributed by atoms with Gasteiger partial charge in [0.1, 0.15) is 5.82 Å². The van der Waals surface area contributed by atoms with Crippen LogP contribution >= 0.6 is 0 Å². The Hall–Kier alpha value is -2.11. The molecule has 0 atom stereocenters. The van der Waals surface area contributed by atoms with Crippen LogP contribution in [0.3, 0.4) is 0 Å². The van der Waals surface area contributed by atoms with E-state index in [0.717, 1.165) is 0 Å². The Morgan fingerprint density at radius 3 is 2.29 bits per heavy atom. The average molecular weight is 291 g/mol. The topological polar surface area (TPSA) is 73.7 Å². The van der Waals surface area contributed by atoms with Gasteiger partial charge in [-0.15, -0.1) is 0 Å². The van der Waals surface area contributed by atoms with Crippen molar-refractivity contribution in [1.82, 2.24) is 9.88 Å². The van der Waals surface area contributed by atoms with Crippen LogP contribution in [0.4, 0.5) is 5.82 Å². The molecule has 21 heavy (non-hydrogen) atoms. The number of pyridine rings is 1. The van der Waals surface area contributed by atoms with Crippen molar-refractivity contribution in [2.75, 3.05) is 31.1 Å². The molecule has 114 valence electrons. The number of aromatic carboxylic acids is 1. The van der Waals surface area contributed by atoms with Crippen LogP contribution < -0.4 is 4.90 Å². The van der Waals surface area contributed by atoms with Gasteiger partial charge in [0.25, 0.3) is 0 Å². The molecule has 0 radical (unpaired) electrons. The van der Waals surface area contributed by atoms with Gasteiger partial charge in [-0.3, -0.25) is 4.79 Å². The van der Waals surface area contributed by atoms with Crippen LogP contribution in [0.1, 0.15) is 31.3 Å². The summed E-state index contributed by atoms with van der Waals surface area (Å²) in [5.41, 5.74) is -0.329. The van der Waals surface area contributed by atoms with Crippen molar-refractivity contribution in [2.24, 2.45) is 5.41 Å². The third-order valence-corrected chi connectivity index (χ3v) is 3.49. The largest absolute Gasteiger partial charge is 0.477 e. The van der Waals surface area contributed by atoms with Crippen LogP contribution in [0.5, 0.6) is 0 Å². The van der Waals surface area contributed by atoms with Crippen molar-refractivity contribution in [1.29, 1.82) is 0 Å². The summed E-state index contributed by atoms with van der Waals surface area (Å²) in [6.45, 7) is 8.35. The van der Waals surface area contributed by atoms with Crippen LogP contribution in [-0.2, 0) is 4.79 Å². The molecule has 1 aliphatic heterocycles. The number of amides is 1. The molecule has 0 bridgehead atoms. The number of rotatable bonds is 2. The highest BCUT2D eigenvalue weighted by atomic mass is 16.4. The van der Waals surface area contributed by atoms with Crippen molar-refractivity contribution in [2.45, 2.75) is 20.8 Å². The fraction of sp³-hybridized carbons (Fsp3) is 0.533. The van der Waals surface area contributed by atoms with Crippen LogP contribution in [0.15, 0.2) is 18.2 Å². The van der Waals surface area contributed by atoms with E-state index >= 15 is 0 Å². The van der Waals surface area contributed by atoms with Crippen LogP contribution in [0.25, 0.3) is 0 Å². The number of aromatic nitrogens is 1. The lowest BCUT2D eigenvalue weighted by Crippen LogP contribution is -2.51. The molecule has 1 aromatic rings. The fourth-order valence-electron chi connectivity index (χ4n) is 2.33. The summed E-state index contributed by atoms with van der Waals surface area (Å²) in [5, 5.41) is 8.98. The number of hydrogen-bond acceptors (Lipinski definition) is 4. The molecule has 0 aromatic carbocycles. The van der Waals surface area contributed by atoms with Gasteiger partial charge in [-0.2, -0.15) is 0 Å². The quantitative estimate of drug-likeness (QED) is 0.893. The molecule has 6 heteroatoms. The number of carbonyl (C=O) groups excluding carboxylic acids is 1. The molecule has 0 unspecified atom stereocenters. The number of nitrogens with zero attached hydrogens (tertiary/aromatic N) is 3. The summed E-state index contributed by atoms with van der Waals surface area (Å²) >= 11 is 0. The smallest absolute Gasteiger partial charge is 0.354 e. The van der Waals surface area contributed by atoms with Crippen molar-refractivity contribution in [3.8, 4) is 0 Å². The average Bonchev–Trinajstić information content (AvgIpc) is 2.46. The van der Waals surface area contributed by atoms with Crippen molar-refractivity contribution in [3.05, 3.63) is 23.9 Å². The number of carboxylic acids is 1. The van der Waals surface area contributed by atoms with Gasteiger partial charge in [0, 0.05) is 31.6 Å². The van der Waals surface area contributed by atoms with Crippen molar-refractivity contribution >= 4 is 17.7 Å². The van der Waals surface area contributed by atoms with E-state index in [1.807, 2.05) is 30.6 Å². The first kappa shape index (κ1) is 15.3. The van der Waals surface area contributed by atoms with E-state index in [2.05, 4.69) is 4.98 Å². The van der Waals surface area contributed by atoms with E-state index < -0.39 is 5.97 Å². The Bertz CT molecular complexity index is 543. The molecule has 1 aromatic heterocycles. The van der Waals surface area contributed by atoms with E-state index in [9.17, 15) is 9.59 Å². The molecule has 0 aliphatic carbocycles. The minimum Gasteiger partial charge on any atom is -0.477 e. The summed E-state index contributed by atoms with van der Waals surface area (Å²) in [5.74, 6) is -0.231. The van der Waals surface area contributed by atoms with Gasteiger partial charge >= 0.3 is 5.97 Å². The van der Waals surface area contributed by atoms with E-state index in [-0.39, 0.29) is 17.0 Å². The second-order valence-electron chi connectivity index (χ2n) is 6.22. The molecule has 6 nitrogen and oxygen atoms in total. The summed E-state index contributed by atoms with van der Waals surface area (Å²) < 4.78 is 0. The minimum absolute atomic E-state index is 0.0423. The lowest BCUT2D eigenvalue weighted by atomic mass is 9.94. The Kier molecular flexibility index (Phi) is 4.16. The first-order valence-corrected chi connectivity index (χ1v) is 7.04. The second kappa shape index (κ2) is 5.71. The lowest BCUT2D eigenvalue weighted by Gasteiger charge is -2.38. The number of hydrogen-bond donors (Lipinski definition) is 1. The number of carbonyl (C=O) groups is 2. The highest BCUT2D eigenvalue weighted by Gasteiger charge is 2.30. The molecule has 2 rings (SSSR count). The van der Waals surface area contributed by atoms with E-state index in [1.165, 1.54) is 6.07 Å². The maximum absolute atomic E-state index is 12.2. The van der Waals surface area contributed by atoms with Crippen LogP contribution in [0, 0.1) is 5.41 Å². The lowest BCUT2D eigenvalue weighted by molar-refractivity contribution is -0.139. The minimum atomic E-state index is -1.03. The summed E-state index contributed by atoms with van der Waals surface area (Å²) in [6, 6.07) is 4.97. The standard InChI is InChI=1S/C15H21N3O3/c1-15(2,3)14(21)18-9-7-17(8-10-18)12-6-4-5-11(16-12)13(19)20/h4-6H,7-10H2,1-3H3,(H,19,20). The molecule has 0 saturated carbocycles. The summed E-state index contributed by atoms with van der Waals surface area (Å²) in [7, 11) is 0. The first-order valence-electron chi connectivity index (χ1n) is 7.04. The van der Waals surface area contributed by atoms with E-state index in [4.69, 9.17) is 5.11 Å². The molecule has 1 saturated heterocycles. The van der Waals surface area contributed by atoms with Gasteiger partial charge in [-0.05, 0) is 12.1 Å². The van der Waals surface area contributed by atoms with Crippen LogP contribution in [0.2, 0.25) is 0 Å². The van der Waals surface area contributed by atoms with Gasteiger partial charge < -0.3 is 14.9 Å². The SMILES string of the molecule is CC(C)(C)C(=O)N1CCN(c2cccc(C(=O)O)n2)CC1. The second-order valence-corrected chi connectivity index (χ2v) is 6.22. The Balaban J connectivity index is 2.03. The predicted octanol–water partition coefficient (Wildman–Crippen LogP) is 1.47. The van der Waals surface area contributed by atoms with Gasteiger partial charge in [-0.1, -0.05) is 26.8 Å². The van der Waals surface area contributed by atoms with Gasteiger partial charge in [0.15, 0.2) is 5.69 Å². The Labute approximate surface area is 124 Å². The zero-order chi connectivity index (χ0) is 15.6. The van der Waals surface area contributed by atoms with Gasteiger partial charge in [0.05, 0.1) is 0 Å². The zero-order valence-electron chi connectivity index (χ0n) is 12.7. The maximum Gasteiger partial charge on any atom is 0.354 e. The molecular formula is C15H21N3O3. The molecule has 1 N–H and O–H groups in total. The Morgan fingerprint density at radius 2 is 1.76 bits per heavy atom. The molecule has 2 heterocycles. The van der Waals surface area contributed by atoms with Crippen LogP contribution in [-0.4, -0.2) is 53.0 Å². The fourth-order valence-corrected chi connectivity index (χ4v) is 2.33. The normalized spacial score (nSPS) is 16.0. The Morgan fingerprint density at radius 1 is 1.14 bits per heavy atom. The number of carboxylic acid groups (broad SMARTS) is 1. The molecule has 1 fully saturated rings. The maximum atomic E-state index is 12.2. The van der Waals surface area contributed by atoms with E-state index in [0.29, 0.717) is 32.0 Å². The summed E-state index contributed by atoms with van der Waals surface area (Å²) in [6.07, 6.45) is 0. The third kappa shape index (κ3) is 3.51. The highest BCUT2D eigenvalue weighted by Crippen LogP contribution is 2.20. The van der Waals surface area contributed by atoms with Crippen molar-refractivity contribution < 1.29 is 14.7 Å². The number of anilines is 1. The third-order valence-electron chi connectivity index (χ3n) is 3.49. The molecule has 1 amide bonds. The monoisotopic (exact) mass is 291 g/mol. The molecular weight excluding hydrogens is 270 g/mol. The predicted molar refractivity (Wildman–Crippen MR) is 79.4 cm³/mol. The number of piperazine rings is 1.